The summed E-state index contributed by atoms with van der Waals surface area (Å²) in [5, 5.41) is 6.53. The summed E-state index contributed by atoms with van der Waals surface area (Å²) in [7, 11) is 0. The summed E-state index contributed by atoms with van der Waals surface area (Å²) in [5.41, 5.74) is 2.40. The minimum atomic E-state index is -0.944. The van der Waals surface area contributed by atoms with E-state index in [1.165, 1.54) is 31.2 Å². The number of benzene rings is 2. The summed E-state index contributed by atoms with van der Waals surface area (Å²) in [5.74, 6) is -0.773. The molecule has 0 bridgehead atoms. The van der Waals surface area contributed by atoms with Gasteiger partial charge in [0.2, 0.25) is 11.7 Å². The Morgan fingerprint density at radius 1 is 1.13 bits per heavy atom. The first-order valence-corrected chi connectivity index (χ1v) is 9.62. The quantitative estimate of drug-likeness (QED) is 0.564. The molecule has 156 valence electrons. The van der Waals surface area contributed by atoms with Gasteiger partial charge in [-0.15, -0.1) is 0 Å². The summed E-state index contributed by atoms with van der Waals surface area (Å²) < 4.78 is 23.3. The Bertz CT molecular complexity index is 1000. The maximum Gasteiger partial charge on any atom is 0.307 e. The molecule has 1 amide bonds. The molecule has 0 aliphatic carbocycles. The number of nitrogens with one attached hydrogen (secondary N) is 1. The molecule has 3 aromatic rings. The molecule has 1 unspecified atom stereocenters. The van der Waals surface area contributed by atoms with Crippen molar-refractivity contribution in [2.45, 2.75) is 39.2 Å². The van der Waals surface area contributed by atoms with Crippen molar-refractivity contribution in [3.63, 3.8) is 0 Å². The molecule has 30 heavy (non-hydrogen) atoms. The van der Waals surface area contributed by atoms with Crippen molar-refractivity contribution >= 4 is 17.6 Å². The van der Waals surface area contributed by atoms with Crippen molar-refractivity contribution in [3.05, 3.63) is 65.8 Å². The molecule has 1 atom stereocenters. The second-order valence-electron chi connectivity index (χ2n) is 6.69. The minimum Gasteiger partial charge on any atom is -0.453 e. The van der Waals surface area contributed by atoms with Gasteiger partial charge in [-0.1, -0.05) is 24.2 Å². The van der Waals surface area contributed by atoms with Gasteiger partial charge in [0.25, 0.3) is 5.91 Å². The number of carbonyl (C=O) groups excluding carboxylic acids is 2. The van der Waals surface area contributed by atoms with E-state index in [0.29, 0.717) is 17.1 Å². The molecule has 3 rings (SSSR count). The highest BCUT2D eigenvalue weighted by molar-refractivity contribution is 5.95. The first-order chi connectivity index (χ1) is 14.4. The molecule has 1 N–H and O–H groups in total. The average molecular weight is 411 g/mol. The van der Waals surface area contributed by atoms with Crippen LogP contribution in [0.5, 0.6) is 0 Å². The number of carbonyl (C=O) groups is 2. The van der Waals surface area contributed by atoms with Gasteiger partial charge < -0.3 is 14.6 Å². The molecule has 0 aliphatic rings. The Kier molecular flexibility index (Phi) is 6.90. The van der Waals surface area contributed by atoms with Crippen molar-refractivity contribution < 1.29 is 23.2 Å². The van der Waals surface area contributed by atoms with Crippen LogP contribution < -0.4 is 5.32 Å². The third kappa shape index (κ3) is 5.73. The van der Waals surface area contributed by atoms with Crippen LogP contribution in [0.4, 0.5) is 10.1 Å². The highest BCUT2D eigenvalue weighted by Crippen LogP contribution is 2.17. The molecular weight excluding hydrogens is 389 g/mol. The molecule has 7 nitrogen and oxygen atoms in total. The molecule has 8 heteroatoms. The van der Waals surface area contributed by atoms with E-state index >= 15 is 0 Å². The average Bonchev–Trinajstić information content (AvgIpc) is 3.22. The van der Waals surface area contributed by atoms with E-state index in [-0.39, 0.29) is 24.5 Å². The van der Waals surface area contributed by atoms with Crippen LogP contribution in [0.1, 0.15) is 31.7 Å². The van der Waals surface area contributed by atoms with Crippen molar-refractivity contribution in [3.8, 4) is 11.4 Å². The van der Waals surface area contributed by atoms with Crippen LogP contribution in [0.2, 0.25) is 0 Å². The van der Waals surface area contributed by atoms with Crippen molar-refractivity contribution in [2.24, 2.45) is 0 Å². The lowest BCUT2D eigenvalue weighted by molar-refractivity contribution is -0.153. The molecule has 0 saturated carbocycles. The first-order valence-electron chi connectivity index (χ1n) is 9.62. The molecule has 1 heterocycles. The SMILES string of the molecule is CCc1ccc(NC(=O)C(C)OC(=O)CCc2nc(-c3ccc(F)cc3)no2)cc1. The Morgan fingerprint density at radius 2 is 1.83 bits per heavy atom. The molecule has 0 radical (unpaired) electrons. The molecule has 1 aromatic heterocycles. The zero-order valence-electron chi connectivity index (χ0n) is 16.7. The van der Waals surface area contributed by atoms with Gasteiger partial charge in [-0.3, -0.25) is 9.59 Å². The maximum absolute atomic E-state index is 13.0. The zero-order chi connectivity index (χ0) is 21.5. The van der Waals surface area contributed by atoms with Gasteiger partial charge in [-0.25, -0.2) is 4.39 Å². The number of halogens is 1. The van der Waals surface area contributed by atoms with E-state index in [0.717, 1.165) is 12.0 Å². The summed E-state index contributed by atoms with van der Waals surface area (Å²) >= 11 is 0. The largest absolute Gasteiger partial charge is 0.453 e. The van der Waals surface area contributed by atoms with Crippen molar-refractivity contribution in [1.29, 1.82) is 0 Å². The predicted octanol–water partition coefficient (Wildman–Crippen LogP) is 3.94. The molecule has 0 fully saturated rings. The molecule has 2 aromatic carbocycles. The number of anilines is 1. The van der Waals surface area contributed by atoms with E-state index in [1.54, 1.807) is 12.1 Å². The highest BCUT2D eigenvalue weighted by Gasteiger charge is 2.19. The minimum absolute atomic E-state index is 0.0200. The molecule has 0 spiro atoms. The Hall–Kier alpha value is -3.55. The van der Waals surface area contributed by atoms with Crippen LogP contribution in [0.15, 0.2) is 53.1 Å². The van der Waals surface area contributed by atoms with Crippen LogP contribution in [-0.4, -0.2) is 28.1 Å². The third-order valence-electron chi connectivity index (χ3n) is 4.42. The van der Waals surface area contributed by atoms with E-state index in [4.69, 9.17) is 9.26 Å². The second kappa shape index (κ2) is 9.78. The van der Waals surface area contributed by atoms with Gasteiger partial charge in [-0.2, -0.15) is 4.98 Å². The summed E-state index contributed by atoms with van der Waals surface area (Å²) in [4.78, 5) is 28.4. The van der Waals surface area contributed by atoms with Crippen LogP contribution in [0.25, 0.3) is 11.4 Å². The molecule has 0 saturated heterocycles. The number of amides is 1. The third-order valence-corrected chi connectivity index (χ3v) is 4.42. The van der Waals surface area contributed by atoms with Gasteiger partial charge in [0.1, 0.15) is 5.82 Å². The van der Waals surface area contributed by atoms with E-state index < -0.39 is 18.0 Å². The monoisotopic (exact) mass is 411 g/mol. The number of rotatable bonds is 8. The standard InChI is InChI=1S/C22H22FN3O4/c1-3-15-4-10-18(11-5-15)24-22(28)14(2)29-20(27)13-12-19-25-21(26-30-19)16-6-8-17(23)9-7-16/h4-11,14H,3,12-13H2,1-2H3,(H,24,28). The normalized spacial score (nSPS) is 11.7. The topological polar surface area (TPSA) is 94.3 Å². The summed E-state index contributed by atoms with van der Waals surface area (Å²) in [6, 6.07) is 13.1. The lowest BCUT2D eigenvalue weighted by atomic mass is 10.1. The number of ether oxygens (including phenoxy) is 1. The van der Waals surface area contributed by atoms with Gasteiger partial charge in [0.15, 0.2) is 6.10 Å². The number of aryl methyl sites for hydroxylation is 2. The first kappa shape index (κ1) is 21.2. The van der Waals surface area contributed by atoms with Crippen LogP contribution >= 0.6 is 0 Å². The fraction of sp³-hybridized carbons (Fsp3) is 0.273. The van der Waals surface area contributed by atoms with Gasteiger partial charge in [0, 0.05) is 17.7 Å². The lowest BCUT2D eigenvalue weighted by Gasteiger charge is -2.13. The number of nitrogens with zero attached hydrogens (tertiary/aromatic N) is 2. The van der Waals surface area contributed by atoms with Gasteiger partial charge >= 0.3 is 5.97 Å². The molecule has 0 aliphatic heterocycles. The van der Waals surface area contributed by atoms with E-state index in [9.17, 15) is 14.0 Å². The van der Waals surface area contributed by atoms with Gasteiger partial charge in [0.05, 0.1) is 6.42 Å². The number of aromatic nitrogens is 2. The van der Waals surface area contributed by atoms with Crippen LogP contribution in [0, 0.1) is 5.82 Å². The van der Waals surface area contributed by atoms with Crippen molar-refractivity contribution in [2.75, 3.05) is 5.32 Å². The van der Waals surface area contributed by atoms with Gasteiger partial charge in [-0.05, 0) is 55.3 Å². The van der Waals surface area contributed by atoms with Crippen LogP contribution in [-0.2, 0) is 27.2 Å². The highest BCUT2D eigenvalue weighted by atomic mass is 19.1. The smallest absolute Gasteiger partial charge is 0.307 e. The summed E-state index contributed by atoms with van der Waals surface area (Å²) in [6.45, 7) is 3.56. The van der Waals surface area contributed by atoms with E-state index in [1.807, 2.05) is 19.1 Å². The molecular formula is C22H22FN3O4. The number of hydrogen-bond donors (Lipinski definition) is 1. The Balaban J connectivity index is 1.46. The Labute approximate surface area is 173 Å². The predicted molar refractivity (Wildman–Crippen MR) is 108 cm³/mol. The summed E-state index contributed by atoms with van der Waals surface area (Å²) in [6.07, 6.45) is 0.113. The second-order valence-corrected chi connectivity index (χ2v) is 6.69. The number of hydrogen-bond acceptors (Lipinski definition) is 6. The van der Waals surface area contributed by atoms with E-state index in [2.05, 4.69) is 15.5 Å². The number of esters is 1. The van der Waals surface area contributed by atoms with Crippen LogP contribution in [0.3, 0.4) is 0 Å². The Morgan fingerprint density at radius 3 is 2.50 bits per heavy atom. The lowest BCUT2D eigenvalue weighted by Crippen LogP contribution is -2.30. The fourth-order valence-electron chi connectivity index (χ4n) is 2.66. The fourth-order valence-corrected chi connectivity index (χ4v) is 2.66. The zero-order valence-corrected chi connectivity index (χ0v) is 16.7. The van der Waals surface area contributed by atoms with Crippen molar-refractivity contribution in [1.82, 2.24) is 10.1 Å². The maximum atomic E-state index is 13.0.